The third-order valence-electron chi connectivity index (χ3n) is 3.76. The molecule has 1 heterocycles. The van der Waals surface area contributed by atoms with Gasteiger partial charge in [0.15, 0.2) is 0 Å². The molecule has 3 N–H and O–H groups in total. The Hall–Kier alpha value is -2.71. The zero-order valence-electron chi connectivity index (χ0n) is 13.6. The van der Waals surface area contributed by atoms with Crippen LogP contribution in [0.5, 0.6) is 0 Å². The highest BCUT2D eigenvalue weighted by Gasteiger charge is 2.14. The predicted molar refractivity (Wildman–Crippen MR) is 94.8 cm³/mol. The Balaban J connectivity index is 1.57. The first-order valence-electron chi connectivity index (χ1n) is 7.74. The van der Waals surface area contributed by atoms with Crippen LogP contribution in [0.25, 0.3) is 10.9 Å². The fourth-order valence-corrected chi connectivity index (χ4v) is 3.45. The molecule has 0 saturated heterocycles. The molecule has 8 heteroatoms. The zero-order chi connectivity index (χ0) is 17.9. The van der Waals surface area contributed by atoms with Gasteiger partial charge >= 0.3 is 0 Å². The average molecular weight is 358 g/mol. The first kappa shape index (κ1) is 17.1. The fourth-order valence-electron chi connectivity index (χ4n) is 2.42. The summed E-state index contributed by atoms with van der Waals surface area (Å²) in [5.74, 6) is -0.288. The van der Waals surface area contributed by atoms with E-state index in [4.69, 9.17) is 0 Å². The number of amides is 1. The maximum absolute atomic E-state index is 12.3. The first-order chi connectivity index (χ1) is 12.0. The molecule has 0 atom stereocenters. The Labute approximate surface area is 145 Å². The SMILES string of the molecule is Cc1ccc(S(=O)(=O)NCCNC(=O)c2cccc3cn[nH]c23)cc1. The van der Waals surface area contributed by atoms with E-state index in [0.29, 0.717) is 11.1 Å². The molecule has 0 unspecified atom stereocenters. The van der Waals surface area contributed by atoms with Crippen molar-refractivity contribution in [2.24, 2.45) is 0 Å². The quantitative estimate of drug-likeness (QED) is 0.582. The van der Waals surface area contributed by atoms with Gasteiger partial charge in [0.25, 0.3) is 5.91 Å². The van der Waals surface area contributed by atoms with Gasteiger partial charge < -0.3 is 5.32 Å². The third-order valence-corrected chi connectivity index (χ3v) is 5.23. The van der Waals surface area contributed by atoms with Crippen molar-refractivity contribution in [2.45, 2.75) is 11.8 Å². The van der Waals surface area contributed by atoms with Gasteiger partial charge in [0.2, 0.25) is 10.0 Å². The van der Waals surface area contributed by atoms with Crippen molar-refractivity contribution in [3.63, 3.8) is 0 Å². The molecule has 3 rings (SSSR count). The molecule has 1 aromatic heterocycles. The lowest BCUT2D eigenvalue weighted by Crippen LogP contribution is -2.34. The number of hydrogen-bond acceptors (Lipinski definition) is 4. The van der Waals surface area contributed by atoms with Gasteiger partial charge in [0.05, 0.1) is 22.2 Å². The summed E-state index contributed by atoms with van der Waals surface area (Å²) in [4.78, 5) is 12.5. The van der Waals surface area contributed by atoms with Crippen LogP contribution in [-0.4, -0.2) is 37.6 Å². The Morgan fingerprint density at radius 3 is 2.64 bits per heavy atom. The minimum Gasteiger partial charge on any atom is -0.351 e. The van der Waals surface area contributed by atoms with Gasteiger partial charge in [-0.1, -0.05) is 29.8 Å². The number of hydrogen-bond donors (Lipinski definition) is 3. The summed E-state index contributed by atoms with van der Waals surface area (Å²) in [6.07, 6.45) is 1.64. The number of nitrogens with one attached hydrogen (secondary N) is 3. The van der Waals surface area contributed by atoms with Gasteiger partial charge in [-0.15, -0.1) is 0 Å². The lowest BCUT2D eigenvalue weighted by Gasteiger charge is -2.09. The summed E-state index contributed by atoms with van der Waals surface area (Å²) >= 11 is 0. The highest BCUT2D eigenvalue weighted by atomic mass is 32.2. The first-order valence-corrected chi connectivity index (χ1v) is 9.22. The monoisotopic (exact) mass is 358 g/mol. The fraction of sp³-hybridized carbons (Fsp3) is 0.176. The van der Waals surface area contributed by atoms with Crippen molar-refractivity contribution in [1.82, 2.24) is 20.2 Å². The van der Waals surface area contributed by atoms with E-state index in [1.54, 1.807) is 42.6 Å². The number of aromatic nitrogens is 2. The van der Waals surface area contributed by atoms with Crippen LogP contribution in [0.4, 0.5) is 0 Å². The van der Waals surface area contributed by atoms with Crippen LogP contribution in [-0.2, 0) is 10.0 Å². The largest absolute Gasteiger partial charge is 0.351 e. The second-order valence-electron chi connectivity index (χ2n) is 5.61. The van der Waals surface area contributed by atoms with Crippen molar-refractivity contribution in [3.05, 3.63) is 59.8 Å². The molecule has 3 aromatic rings. The summed E-state index contributed by atoms with van der Waals surface area (Å²) in [6.45, 7) is 2.16. The van der Waals surface area contributed by atoms with Crippen molar-refractivity contribution < 1.29 is 13.2 Å². The topological polar surface area (TPSA) is 104 Å². The van der Waals surface area contributed by atoms with Gasteiger partial charge in [-0.2, -0.15) is 5.10 Å². The van der Waals surface area contributed by atoms with E-state index >= 15 is 0 Å². The Morgan fingerprint density at radius 1 is 1.12 bits per heavy atom. The van der Waals surface area contributed by atoms with Crippen molar-refractivity contribution >= 4 is 26.8 Å². The van der Waals surface area contributed by atoms with Crippen LogP contribution in [0, 0.1) is 6.92 Å². The minimum absolute atomic E-state index is 0.0981. The molecule has 0 aliphatic rings. The Bertz CT molecular complexity index is 994. The number of rotatable bonds is 6. The van der Waals surface area contributed by atoms with Crippen LogP contribution in [0.2, 0.25) is 0 Å². The maximum atomic E-state index is 12.3. The van der Waals surface area contributed by atoms with Crippen molar-refractivity contribution in [1.29, 1.82) is 0 Å². The van der Waals surface area contributed by atoms with Gasteiger partial charge in [0, 0.05) is 18.5 Å². The van der Waals surface area contributed by atoms with Gasteiger partial charge in [-0.25, -0.2) is 13.1 Å². The Morgan fingerprint density at radius 2 is 1.88 bits per heavy atom. The summed E-state index contributed by atoms with van der Waals surface area (Å²) < 4.78 is 26.8. The number of para-hydroxylation sites is 1. The standard InChI is InChI=1S/C17H18N4O3S/c1-12-5-7-14(8-6-12)25(23,24)20-10-9-18-17(22)15-4-2-3-13-11-19-21-16(13)15/h2-8,11,20H,9-10H2,1H3,(H,18,22)(H,19,21). The van der Waals surface area contributed by atoms with Crippen LogP contribution in [0.15, 0.2) is 53.6 Å². The molecule has 7 nitrogen and oxygen atoms in total. The number of fused-ring (bicyclic) bond motifs is 1. The third kappa shape index (κ3) is 3.86. The molecule has 1 amide bonds. The summed E-state index contributed by atoms with van der Waals surface area (Å²) in [5, 5.41) is 10.2. The van der Waals surface area contributed by atoms with Crippen molar-refractivity contribution in [3.8, 4) is 0 Å². The van der Waals surface area contributed by atoms with E-state index in [1.165, 1.54) is 0 Å². The zero-order valence-corrected chi connectivity index (χ0v) is 14.4. The van der Waals surface area contributed by atoms with Crippen LogP contribution in [0.3, 0.4) is 0 Å². The van der Waals surface area contributed by atoms with E-state index in [1.807, 2.05) is 13.0 Å². The molecular weight excluding hydrogens is 340 g/mol. The molecule has 0 spiro atoms. The maximum Gasteiger partial charge on any atom is 0.253 e. The second-order valence-corrected chi connectivity index (χ2v) is 7.37. The molecular formula is C17H18N4O3S. The van der Waals surface area contributed by atoms with E-state index in [2.05, 4.69) is 20.2 Å². The number of sulfonamides is 1. The van der Waals surface area contributed by atoms with Crippen LogP contribution in [0.1, 0.15) is 15.9 Å². The van der Waals surface area contributed by atoms with E-state index in [9.17, 15) is 13.2 Å². The summed E-state index contributed by atoms with van der Waals surface area (Å²) in [5.41, 5.74) is 2.11. The highest BCUT2D eigenvalue weighted by molar-refractivity contribution is 7.89. The molecule has 0 bridgehead atoms. The number of H-pyrrole nitrogens is 1. The summed E-state index contributed by atoms with van der Waals surface area (Å²) in [6, 6.07) is 11.9. The normalized spacial score (nSPS) is 11.6. The van der Waals surface area contributed by atoms with Crippen molar-refractivity contribution in [2.75, 3.05) is 13.1 Å². The highest BCUT2D eigenvalue weighted by Crippen LogP contribution is 2.15. The lowest BCUT2D eigenvalue weighted by molar-refractivity contribution is 0.0956. The number of aromatic amines is 1. The molecule has 2 aromatic carbocycles. The second kappa shape index (κ2) is 7.04. The molecule has 0 aliphatic carbocycles. The molecule has 130 valence electrons. The molecule has 0 radical (unpaired) electrons. The minimum atomic E-state index is -3.58. The number of nitrogens with zero attached hydrogens (tertiary/aromatic N) is 1. The molecule has 0 fully saturated rings. The van der Waals surface area contributed by atoms with Gasteiger partial charge in [0.1, 0.15) is 0 Å². The number of benzene rings is 2. The average Bonchev–Trinajstić information content (AvgIpc) is 3.07. The van der Waals surface area contributed by atoms with Gasteiger partial charge in [-0.05, 0) is 25.1 Å². The molecule has 0 saturated carbocycles. The lowest BCUT2D eigenvalue weighted by atomic mass is 10.1. The molecule has 0 aliphatic heterocycles. The molecule has 25 heavy (non-hydrogen) atoms. The smallest absolute Gasteiger partial charge is 0.253 e. The Kier molecular flexibility index (Phi) is 4.82. The van der Waals surface area contributed by atoms with E-state index in [-0.39, 0.29) is 23.9 Å². The predicted octanol–water partition coefficient (Wildman–Crippen LogP) is 1.58. The summed E-state index contributed by atoms with van der Waals surface area (Å²) in [7, 11) is -3.58. The van der Waals surface area contributed by atoms with Crippen LogP contribution < -0.4 is 10.0 Å². The van der Waals surface area contributed by atoms with Crippen LogP contribution >= 0.6 is 0 Å². The van der Waals surface area contributed by atoms with E-state index in [0.717, 1.165) is 10.9 Å². The van der Waals surface area contributed by atoms with E-state index < -0.39 is 10.0 Å². The number of aryl methyl sites for hydroxylation is 1. The van der Waals surface area contributed by atoms with Gasteiger partial charge in [-0.3, -0.25) is 9.89 Å². The number of carbonyl (C=O) groups is 1. The number of carbonyl (C=O) groups excluding carboxylic acids is 1.